The van der Waals surface area contributed by atoms with Crippen LogP contribution in [0.2, 0.25) is 0 Å². The van der Waals surface area contributed by atoms with Crippen LogP contribution in [0.5, 0.6) is 5.75 Å². The van der Waals surface area contributed by atoms with Crippen LogP contribution in [0.25, 0.3) is 0 Å². The molecule has 0 N–H and O–H groups in total. The number of carbonyl (C=O) groups excluding carboxylic acids is 1. The third-order valence-corrected chi connectivity index (χ3v) is 4.27. The van der Waals surface area contributed by atoms with Crippen LogP contribution in [0, 0.1) is 0 Å². The van der Waals surface area contributed by atoms with Gasteiger partial charge >= 0.3 is 5.97 Å². The molecule has 1 rings (SSSR count). The van der Waals surface area contributed by atoms with E-state index in [9.17, 15) is 4.79 Å². The van der Waals surface area contributed by atoms with Crippen molar-refractivity contribution in [3.05, 3.63) is 29.8 Å². The summed E-state index contributed by atoms with van der Waals surface area (Å²) < 4.78 is 10.4. The first-order valence-corrected chi connectivity index (χ1v) is 9.54. The molecule has 136 valence electrons. The average Bonchev–Trinajstić information content (AvgIpc) is 2.61. The normalized spacial score (nSPS) is 10.6. The van der Waals surface area contributed by atoms with Crippen LogP contribution in [0.15, 0.2) is 24.3 Å². The number of hydrogen-bond acceptors (Lipinski definition) is 3. The smallest absolute Gasteiger partial charge is 0.309 e. The second-order valence-corrected chi connectivity index (χ2v) is 6.43. The first-order valence-electron chi connectivity index (χ1n) is 9.54. The van der Waals surface area contributed by atoms with E-state index in [-0.39, 0.29) is 5.97 Å². The lowest BCUT2D eigenvalue weighted by molar-refractivity contribution is -0.139. The van der Waals surface area contributed by atoms with Gasteiger partial charge < -0.3 is 9.47 Å². The van der Waals surface area contributed by atoms with Crippen molar-refractivity contribution >= 4 is 5.97 Å². The Bertz CT molecular complexity index is 425. The number of esters is 1. The van der Waals surface area contributed by atoms with E-state index in [1.54, 1.807) is 0 Å². The zero-order valence-corrected chi connectivity index (χ0v) is 15.5. The molecule has 0 fully saturated rings. The molecule has 0 heterocycles. The quantitative estimate of drug-likeness (QED) is 0.323. The topological polar surface area (TPSA) is 35.5 Å². The molecule has 1 aromatic rings. The van der Waals surface area contributed by atoms with Crippen molar-refractivity contribution in [2.45, 2.75) is 77.6 Å². The molecule has 3 heteroatoms. The molecule has 0 aromatic heterocycles. The number of carbonyl (C=O) groups is 1. The molecule has 0 amide bonds. The standard InChI is InChI=1S/C21H34O3/c1-3-4-5-6-7-8-9-10-11-12-17-24-20-15-13-19(14-16-20)18-21(22)23-2/h13-16H,3-12,17-18H2,1-2H3. The molecule has 3 nitrogen and oxygen atoms in total. The van der Waals surface area contributed by atoms with Crippen molar-refractivity contribution in [2.24, 2.45) is 0 Å². The van der Waals surface area contributed by atoms with E-state index in [0.29, 0.717) is 6.42 Å². The second-order valence-electron chi connectivity index (χ2n) is 6.43. The summed E-state index contributed by atoms with van der Waals surface area (Å²) in [6, 6.07) is 7.69. The lowest BCUT2D eigenvalue weighted by Gasteiger charge is -2.07. The van der Waals surface area contributed by atoms with Crippen molar-refractivity contribution in [2.75, 3.05) is 13.7 Å². The lowest BCUT2D eigenvalue weighted by Crippen LogP contribution is -2.04. The van der Waals surface area contributed by atoms with E-state index in [0.717, 1.165) is 24.3 Å². The molecule has 0 aliphatic heterocycles. The van der Waals surface area contributed by atoms with Gasteiger partial charge in [0.2, 0.25) is 0 Å². The molecule has 0 saturated carbocycles. The molecule has 24 heavy (non-hydrogen) atoms. The third kappa shape index (κ3) is 10.3. The Hall–Kier alpha value is -1.51. The van der Waals surface area contributed by atoms with Crippen molar-refractivity contribution in [1.82, 2.24) is 0 Å². The van der Waals surface area contributed by atoms with Gasteiger partial charge in [-0.1, -0.05) is 76.8 Å². The first kappa shape index (κ1) is 20.5. The molecule has 0 spiro atoms. The zero-order valence-electron chi connectivity index (χ0n) is 15.5. The van der Waals surface area contributed by atoms with Gasteiger partial charge in [0, 0.05) is 0 Å². The second kappa shape index (κ2) is 13.9. The number of rotatable bonds is 14. The highest BCUT2D eigenvalue weighted by molar-refractivity contribution is 5.72. The molecular formula is C21H34O3. The Kier molecular flexibility index (Phi) is 11.9. The molecule has 0 unspecified atom stereocenters. The Balaban J connectivity index is 1.98. The van der Waals surface area contributed by atoms with Gasteiger partial charge in [-0.05, 0) is 24.1 Å². The lowest BCUT2D eigenvalue weighted by atomic mass is 10.1. The highest BCUT2D eigenvalue weighted by atomic mass is 16.5. The number of methoxy groups -OCH3 is 1. The summed E-state index contributed by atoms with van der Waals surface area (Å²) in [5.41, 5.74) is 0.952. The van der Waals surface area contributed by atoms with Gasteiger partial charge in [0.15, 0.2) is 0 Å². The van der Waals surface area contributed by atoms with Crippen molar-refractivity contribution in [1.29, 1.82) is 0 Å². The fourth-order valence-corrected chi connectivity index (χ4v) is 2.72. The van der Waals surface area contributed by atoms with Gasteiger partial charge in [-0.2, -0.15) is 0 Å². The van der Waals surface area contributed by atoms with E-state index in [1.807, 2.05) is 24.3 Å². The minimum absolute atomic E-state index is 0.214. The number of benzene rings is 1. The summed E-state index contributed by atoms with van der Waals surface area (Å²) in [4.78, 5) is 11.2. The minimum Gasteiger partial charge on any atom is -0.494 e. The Morgan fingerprint density at radius 2 is 1.38 bits per heavy atom. The minimum atomic E-state index is -0.214. The largest absolute Gasteiger partial charge is 0.494 e. The Morgan fingerprint density at radius 1 is 0.833 bits per heavy atom. The Morgan fingerprint density at radius 3 is 1.92 bits per heavy atom. The van der Waals surface area contributed by atoms with Gasteiger partial charge in [-0.15, -0.1) is 0 Å². The molecule has 0 aliphatic rings. The molecule has 1 aromatic carbocycles. The fourth-order valence-electron chi connectivity index (χ4n) is 2.72. The summed E-state index contributed by atoms with van der Waals surface area (Å²) in [5.74, 6) is 0.661. The van der Waals surface area contributed by atoms with E-state index < -0.39 is 0 Å². The third-order valence-electron chi connectivity index (χ3n) is 4.27. The predicted octanol–water partition coefficient (Wildman–Crippen LogP) is 5.70. The summed E-state index contributed by atoms with van der Waals surface area (Å²) in [6.07, 6.45) is 13.6. The maximum absolute atomic E-state index is 11.2. The van der Waals surface area contributed by atoms with Crippen LogP contribution in [0.1, 0.15) is 76.7 Å². The predicted molar refractivity (Wildman–Crippen MR) is 99.5 cm³/mol. The number of ether oxygens (including phenoxy) is 2. The van der Waals surface area contributed by atoms with Crippen LogP contribution >= 0.6 is 0 Å². The number of hydrogen-bond donors (Lipinski definition) is 0. The van der Waals surface area contributed by atoms with Crippen LogP contribution < -0.4 is 4.74 Å². The van der Waals surface area contributed by atoms with Crippen LogP contribution in [0.3, 0.4) is 0 Å². The zero-order chi connectivity index (χ0) is 17.5. The van der Waals surface area contributed by atoms with E-state index in [4.69, 9.17) is 4.74 Å². The molecule has 0 atom stereocenters. The summed E-state index contributed by atoms with van der Waals surface area (Å²) in [6.45, 7) is 3.03. The van der Waals surface area contributed by atoms with Gasteiger partial charge in [0.25, 0.3) is 0 Å². The van der Waals surface area contributed by atoms with E-state index in [2.05, 4.69) is 11.7 Å². The maximum Gasteiger partial charge on any atom is 0.309 e. The summed E-state index contributed by atoms with van der Waals surface area (Å²) in [5, 5.41) is 0. The molecular weight excluding hydrogens is 300 g/mol. The monoisotopic (exact) mass is 334 g/mol. The van der Waals surface area contributed by atoms with Crippen LogP contribution in [-0.4, -0.2) is 19.7 Å². The molecule has 0 bridgehead atoms. The SMILES string of the molecule is CCCCCCCCCCCCOc1ccc(CC(=O)OC)cc1. The van der Waals surface area contributed by atoms with Gasteiger partial charge in [0.1, 0.15) is 5.75 Å². The van der Waals surface area contributed by atoms with Crippen molar-refractivity contribution in [3.8, 4) is 5.75 Å². The fraction of sp³-hybridized carbons (Fsp3) is 0.667. The maximum atomic E-state index is 11.2. The average molecular weight is 335 g/mol. The molecule has 0 saturated heterocycles. The van der Waals surface area contributed by atoms with Crippen LogP contribution in [0.4, 0.5) is 0 Å². The van der Waals surface area contributed by atoms with E-state index >= 15 is 0 Å². The summed E-state index contributed by atoms with van der Waals surface area (Å²) in [7, 11) is 1.41. The summed E-state index contributed by atoms with van der Waals surface area (Å²) >= 11 is 0. The Labute approximate surface area is 147 Å². The highest BCUT2D eigenvalue weighted by Gasteiger charge is 2.02. The van der Waals surface area contributed by atoms with Gasteiger partial charge in [-0.25, -0.2) is 0 Å². The number of unbranched alkanes of at least 4 members (excludes halogenated alkanes) is 9. The molecule has 0 aliphatic carbocycles. The van der Waals surface area contributed by atoms with E-state index in [1.165, 1.54) is 64.9 Å². The van der Waals surface area contributed by atoms with Crippen molar-refractivity contribution in [3.63, 3.8) is 0 Å². The first-order chi connectivity index (χ1) is 11.8. The highest BCUT2D eigenvalue weighted by Crippen LogP contribution is 2.14. The van der Waals surface area contributed by atoms with Crippen molar-refractivity contribution < 1.29 is 14.3 Å². The van der Waals surface area contributed by atoms with Gasteiger partial charge in [-0.3, -0.25) is 4.79 Å². The van der Waals surface area contributed by atoms with Crippen LogP contribution in [-0.2, 0) is 16.0 Å². The molecule has 0 radical (unpaired) electrons. The van der Waals surface area contributed by atoms with Gasteiger partial charge in [0.05, 0.1) is 20.1 Å².